The number of halogens is 1. The van der Waals surface area contributed by atoms with Gasteiger partial charge in [-0.1, -0.05) is 17.3 Å². The molecule has 3 heterocycles. The minimum Gasteiger partial charge on any atom is -0.490 e. The van der Waals surface area contributed by atoms with E-state index in [0.29, 0.717) is 16.7 Å². The maximum Gasteiger partial charge on any atom is 0.277 e. The van der Waals surface area contributed by atoms with Crippen LogP contribution < -0.4 is 10.1 Å². The fourth-order valence-corrected chi connectivity index (χ4v) is 4.33. The second-order valence-corrected chi connectivity index (χ2v) is 8.62. The standard InChI is InChI=1S/C28H19FN2O5/c1-15-12-18-13-17(8-11-22(18)34-15)24-14-21(31-36-24)28(33)30-25-20-4-2-3-5-23(20)35-27(25)26(32)16-6-9-19(29)10-7-16/h2-11,13-15H,12H2,1H3,(H,30,33)/t15-/m1/s1. The van der Waals surface area contributed by atoms with Gasteiger partial charge in [0.1, 0.15) is 23.3 Å². The fraction of sp³-hybridized carbons (Fsp3) is 0.107. The summed E-state index contributed by atoms with van der Waals surface area (Å²) in [6, 6.07) is 19.3. The number of nitrogens with zero attached hydrogens (tertiary/aromatic N) is 1. The largest absolute Gasteiger partial charge is 0.490 e. The third-order valence-corrected chi connectivity index (χ3v) is 6.07. The molecule has 1 N–H and O–H groups in total. The number of amides is 1. The molecule has 8 heteroatoms. The van der Waals surface area contributed by atoms with Gasteiger partial charge in [-0.05, 0) is 67.1 Å². The van der Waals surface area contributed by atoms with E-state index in [0.717, 1.165) is 23.3 Å². The van der Waals surface area contributed by atoms with Crippen LogP contribution in [0.5, 0.6) is 5.75 Å². The molecule has 1 atom stereocenters. The fourth-order valence-electron chi connectivity index (χ4n) is 4.33. The molecule has 0 unspecified atom stereocenters. The molecule has 0 aliphatic carbocycles. The molecule has 1 amide bonds. The van der Waals surface area contributed by atoms with Gasteiger partial charge in [0.25, 0.3) is 5.91 Å². The summed E-state index contributed by atoms with van der Waals surface area (Å²) in [7, 11) is 0. The average molecular weight is 482 g/mol. The van der Waals surface area contributed by atoms with E-state index < -0.39 is 17.5 Å². The summed E-state index contributed by atoms with van der Waals surface area (Å²) in [6.07, 6.45) is 0.909. The van der Waals surface area contributed by atoms with Gasteiger partial charge in [-0.3, -0.25) is 9.59 Å². The minimum absolute atomic E-state index is 0.0422. The molecule has 1 aliphatic heterocycles. The van der Waals surface area contributed by atoms with Crippen molar-refractivity contribution in [2.24, 2.45) is 0 Å². The quantitative estimate of drug-likeness (QED) is 0.307. The number of aromatic nitrogens is 1. The molecule has 2 aromatic heterocycles. The number of fused-ring (bicyclic) bond motifs is 2. The molecular formula is C28H19FN2O5. The molecule has 7 nitrogen and oxygen atoms in total. The van der Waals surface area contributed by atoms with Crippen molar-refractivity contribution in [3.63, 3.8) is 0 Å². The lowest BCUT2D eigenvalue weighted by molar-refractivity contribution is 0.101. The summed E-state index contributed by atoms with van der Waals surface area (Å²) in [5.41, 5.74) is 2.74. The first kappa shape index (κ1) is 21.8. The van der Waals surface area contributed by atoms with Crippen LogP contribution in [0, 0.1) is 5.82 Å². The molecule has 0 saturated carbocycles. The van der Waals surface area contributed by atoms with Gasteiger partial charge in [0.05, 0.1) is 5.69 Å². The lowest BCUT2D eigenvalue weighted by Gasteiger charge is -2.04. The number of hydrogen-bond acceptors (Lipinski definition) is 6. The van der Waals surface area contributed by atoms with Gasteiger partial charge in [-0.15, -0.1) is 0 Å². The number of para-hydroxylation sites is 1. The van der Waals surface area contributed by atoms with Gasteiger partial charge in [0.2, 0.25) is 5.78 Å². The van der Waals surface area contributed by atoms with Crippen molar-refractivity contribution in [1.29, 1.82) is 0 Å². The van der Waals surface area contributed by atoms with Crippen LogP contribution >= 0.6 is 0 Å². The number of benzene rings is 3. The predicted octanol–water partition coefficient (Wildman–Crippen LogP) is 6.03. The van der Waals surface area contributed by atoms with Crippen LogP contribution in [0.3, 0.4) is 0 Å². The van der Waals surface area contributed by atoms with Crippen LogP contribution in [0.4, 0.5) is 10.1 Å². The number of ketones is 1. The van der Waals surface area contributed by atoms with Crippen LogP contribution in [0.2, 0.25) is 0 Å². The van der Waals surface area contributed by atoms with Crippen LogP contribution in [0.25, 0.3) is 22.3 Å². The zero-order valence-corrected chi connectivity index (χ0v) is 19.1. The Hall–Kier alpha value is -4.72. The van der Waals surface area contributed by atoms with Gasteiger partial charge >= 0.3 is 0 Å². The average Bonchev–Trinajstić information content (AvgIpc) is 3.60. The van der Waals surface area contributed by atoms with Crippen molar-refractivity contribution in [3.05, 3.63) is 101 Å². The van der Waals surface area contributed by atoms with Crippen molar-refractivity contribution < 1.29 is 27.7 Å². The zero-order chi connectivity index (χ0) is 24.8. The molecule has 0 radical (unpaired) electrons. The third-order valence-electron chi connectivity index (χ3n) is 6.07. The summed E-state index contributed by atoms with van der Waals surface area (Å²) in [6.45, 7) is 2.01. The number of ether oxygens (including phenoxy) is 1. The van der Waals surface area contributed by atoms with Crippen molar-refractivity contribution in [2.45, 2.75) is 19.4 Å². The summed E-state index contributed by atoms with van der Waals surface area (Å²) in [5.74, 6) is -0.305. The number of furan rings is 1. The van der Waals surface area contributed by atoms with Crippen LogP contribution in [0.1, 0.15) is 39.1 Å². The number of rotatable bonds is 5. The van der Waals surface area contributed by atoms with Crippen molar-refractivity contribution in [2.75, 3.05) is 5.32 Å². The lowest BCUT2D eigenvalue weighted by Crippen LogP contribution is -2.14. The Kier molecular flexibility index (Phi) is 5.14. The predicted molar refractivity (Wildman–Crippen MR) is 130 cm³/mol. The van der Waals surface area contributed by atoms with E-state index in [4.69, 9.17) is 13.7 Å². The number of anilines is 1. The van der Waals surface area contributed by atoms with Crippen molar-refractivity contribution in [1.82, 2.24) is 5.16 Å². The van der Waals surface area contributed by atoms with Gasteiger partial charge in [0.15, 0.2) is 17.2 Å². The van der Waals surface area contributed by atoms with Crippen molar-refractivity contribution in [3.8, 4) is 17.1 Å². The van der Waals surface area contributed by atoms with Crippen molar-refractivity contribution >= 4 is 28.3 Å². The summed E-state index contributed by atoms with van der Waals surface area (Å²) in [4.78, 5) is 26.3. The molecule has 0 fully saturated rings. The van der Waals surface area contributed by atoms with Crippen LogP contribution in [-0.2, 0) is 6.42 Å². The Labute approximate surface area is 204 Å². The highest BCUT2D eigenvalue weighted by atomic mass is 19.1. The van der Waals surface area contributed by atoms with Crippen LogP contribution in [-0.4, -0.2) is 23.0 Å². The van der Waals surface area contributed by atoms with Gasteiger partial charge < -0.3 is 19.0 Å². The van der Waals surface area contributed by atoms with Gasteiger partial charge in [-0.25, -0.2) is 4.39 Å². The summed E-state index contributed by atoms with van der Waals surface area (Å²) >= 11 is 0. The summed E-state index contributed by atoms with van der Waals surface area (Å²) < 4.78 is 30.3. The van der Waals surface area contributed by atoms with E-state index in [2.05, 4.69) is 10.5 Å². The van der Waals surface area contributed by atoms with Gasteiger partial charge in [0, 0.05) is 29.0 Å². The Morgan fingerprint density at radius 2 is 1.83 bits per heavy atom. The number of carbonyl (C=O) groups excluding carboxylic acids is 2. The highest BCUT2D eigenvalue weighted by Crippen LogP contribution is 2.35. The summed E-state index contributed by atoms with van der Waals surface area (Å²) in [5, 5.41) is 7.23. The molecule has 1 aliphatic rings. The first-order valence-corrected chi connectivity index (χ1v) is 11.4. The number of carbonyl (C=O) groups is 2. The molecule has 0 bridgehead atoms. The molecular weight excluding hydrogens is 463 g/mol. The smallest absolute Gasteiger partial charge is 0.277 e. The minimum atomic E-state index is -0.567. The van der Waals surface area contributed by atoms with E-state index in [1.165, 1.54) is 24.3 Å². The van der Waals surface area contributed by atoms with E-state index in [1.807, 2.05) is 25.1 Å². The second kappa shape index (κ2) is 8.49. The SMILES string of the molecule is C[C@@H]1Cc2cc(-c3cc(C(=O)Nc4c(C(=O)c5ccc(F)cc5)oc5ccccc45)no3)ccc2O1. The van der Waals surface area contributed by atoms with Gasteiger partial charge in [-0.2, -0.15) is 0 Å². The number of nitrogens with one attached hydrogen (secondary N) is 1. The Bertz CT molecular complexity index is 1630. The van der Waals surface area contributed by atoms with E-state index in [1.54, 1.807) is 30.3 Å². The monoisotopic (exact) mass is 482 g/mol. The third kappa shape index (κ3) is 3.82. The van der Waals surface area contributed by atoms with E-state index in [-0.39, 0.29) is 28.8 Å². The Balaban J connectivity index is 1.31. The van der Waals surface area contributed by atoms with E-state index in [9.17, 15) is 14.0 Å². The molecule has 0 spiro atoms. The zero-order valence-electron chi connectivity index (χ0n) is 19.1. The molecule has 5 aromatic rings. The molecule has 36 heavy (non-hydrogen) atoms. The normalized spacial score (nSPS) is 14.4. The van der Waals surface area contributed by atoms with E-state index >= 15 is 0 Å². The Morgan fingerprint density at radius 1 is 1.03 bits per heavy atom. The maximum absolute atomic E-state index is 13.4. The highest BCUT2D eigenvalue weighted by molar-refractivity contribution is 6.18. The first-order valence-electron chi connectivity index (χ1n) is 11.4. The molecule has 6 rings (SSSR count). The first-order chi connectivity index (χ1) is 17.5. The molecule has 178 valence electrons. The molecule has 0 saturated heterocycles. The van der Waals surface area contributed by atoms with Crippen LogP contribution in [0.15, 0.2) is 81.7 Å². The second-order valence-electron chi connectivity index (χ2n) is 8.62. The Morgan fingerprint density at radius 3 is 2.67 bits per heavy atom. The molecule has 3 aromatic carbocycles. The topological polar surface area (TPSA) is 94.6 Å². The lowest BCUT2D eigenvalue weighted by atomic mass is 10.1. The number of hydrogen-bond donors (Lipinski definition) is 1. The highest BCUT2D eigenvalue weighted by Gasteiger charge is 2.25. The maximum atomic E-state index is 13.4.